The van der Waals surface area contributed by atoms with Crippen molar-refractivity contribution in [3.05, 3.63) is 46.3 Å². The van der Waals surface area contributed by atoms with Crippen molar-refractivity contribution < 1.29 is 30.7 Å². The molecule has 2 aromatic carbocycles. The molecule has 0 amide bonds. The molecule has 0 saturated heterocycles. The van der Waals surface area contributed by atoms with Crippen molar-refractivity contribution in [2.24, 2.45) is 0 Å². The molecule has 0 aliphatic carbocycles. The van der Waals surface area contributed by atoms with Crippen LogP contribution in [-0.4, -0.2) is 0 Å². The summed E-state index contributed by atoms with van der Waals surface area (Å²) in [6.45, 7) is 1.10. The van der Waals surface area contributed by atoms with Gasteiger partial charge < -0.3 is 0 Å². The van der Waals surface area contributed by atoms with Gasteiger partial charge in [-0.15, -0.1) is 18.5 Å². The molecule has 22 heavy (non-hydrogen) atoms. The van der Waals surface area contributed by atoms with Gasteiger partial charge in [0.2, 0.25) is 0 Å². The van der Waals surface area contributed by atoms with Crippen LogP contribution in [0.5, 0.6) is 0 Å². The third kappa shape index (κ3) is 2.31. The molecule has 2 atom stereocenters. The van der Waals surface area contributed by atoms with E-state index < -0.39 is 62.5 Å². The fourth-order valence-corrected chi connectivity index (χ4v) is 2.65. The van der Waals surface area contributed by atoms with Crippen molar-refractivity contribution in [1.82, 2.24) is 0 Å². The summed E-state index contributed by atoms with van der Waals surface area (Å²) in [6.07, 6.45) is 0. The van der Waals surface area contributed by atoms with E-state index in [0.29, 0.717) is 0 Å². The fraction of sp³-hybridized carbons (Fsp3) is 0.0769. The Morgan fingerprint density at radius 3 is 1.41 bits per heavy atom. The predicted octanol–water partition coefficient (Wildman–Crippen LogP) is 3.64. The summed E-state index contributed by atoms with van der Waals surface area (Å²) in [5.41, 5.74) is -2.21. The molecule has 0 saturated carbocycles. The van der Waals surface area contributed by atoms with Crippen LogP contribution in [0, 0.1) is 47.6 Å². The Labute approximate surface area is 125 Å². The number of hydrogen-bond donors (Lipinski definition) is 0. The highest BCUT2D eigenvalue weighted by atomic mass is 31.0. The van der Waals surface area contributed by atoms with Gasteiger partial charge in [-0.3, -0.25) is 0 Å². The quantitative estimate of drug-likeness (QED) is 0.316. The zero-order valence-electron chi connectivity index (χ0n) is 10.8. The molecule has 9 heteroatoms. The van der Waals surface area contributed by atoms with Gasteiger partial charge in [-0.2, -0.15) is 0 Å². The predicted molar refractivity (Wildman–Crippen MR) is 75.0 cm³/mol. The largest absolute Gasteiger partial charge is 0.203 e. The minimum Gasteiger partial charge on any atom is -0.203 e. The molecule has 0 heterocycles. The number of hydrogen-bond acceptors (Lipinski definition) is 0. The molecule has 0 nitrogen and oxygen atoms in total. The van der Waals surface area contributed by atoms with Crippen LogP contribution in [0.1, 0.15) is 5.56 Å². The van der Waals surface area contributed by atoms with E-state index in [9.17, 15) is 30.7 Å². The summed E-state index contributed by atoms with van der Waals surface area (Å²) < 4.78 is 94.9. The molecular formula is C13H7F7P2. The summed E-state index contributed by atoms with van der Waals surface area (Å²) in [6, 6.07) is 0. The maximum Gasteiger partial charge on any atom is 0.198 e. The first kappa shape index (κ1) is 17.2. The van der Waals surface area contributed by atoms with Gasteiger partial charge >= 0.3 is 0 Å². The zero-order chi connectivity index (χ0) is 16.9. The minimum atomic E-state index is -2.17. The Hall–Kier alpha value is -1.19. The first-order chi connectivity index (χ1) is 10.1. The van der Waals surface area contributed by atoms with Gasteiger partial charge in [0.15, 0.2) is 40.7 Å². The highest BCUT2D eigenvalue weighted by Gasteiger charge is 2.30. The van der Waals surface area contributed by atoms with Crippen LogP contribution in [-0.2, 0) is 0 Å². The summed E-state index contributed by atoms with van der Waals surface area (Å²) in [5, 5.41) is -1.28. The van der Waals surface area contributed by atoms with Crippen LogP contribution in [0.3, 0.4) is 0 Å². The second kappa shape index (κ2) is 5.78. The van der Waals surface area contributed by atoms with E-state index in [1.54, 1.807) is 18.5 Å². The SMILES string of the molecule is Cc1c(P)c(F)c(F)c(F)c1-c1c(F)c(F)c(F)c(F)c1P. The third-order valence-corrected chi connectivity index (χ3v) is 4.40. The van der Waals surface area contributed by atoms with Gasteiger partial charge in [0.25, 0.3) is 0 Å². The highest BCUT2D eigenvalue weighted by Crippen LogP contribution is 2.33. The molecule has 0 aliphatic heterocycles. The Bertz CT molecular complexity index is 676. The van der Waals surface area contributed by atoms with Gasteiger partial charge in [-0.05, 0) is 12.5 Å². The van der Waals surface area contributed by atoms with Crippen LogP contribution in [0.2, 0.25) is 0 Å². The lowest BCUT2D eigenvalue weighted by atomic mass is 9.98. The van der Waals surface area contributed by atoms with Gasteiger partial charge in [0, 0.05) is 21.7 Å². The fourth-order valence-electron chi connectivity index (χ4n) is 1.98. The smallest absolute Gasteiger partial charge is 0.198 e. The number of halogens is 7. The molecule has 2 unspecified atom stereocenters. The molecule has 0 aliphatic rings. The van der Waals surface area contributed by atoms with Crippen molar-refractivity contribution in [2.75, 3.05) is 0 Å². The van der Waals surface area contributed by atoms with Crippen molar-refractivity contribution in [1.29, 1.82) is 0 Å². The molecule has 0 bridgehead atoms. The summed E-state index contributed by atoms with van der Waals surface area (Å²) >= 11 is 0. The standard InChI is InChI=1S/C13H7F7P2/c1-2-3(5(14)8(17)10(19)12(2)21)4-6(15)7(16)9(18)11(20)13(4)22/h21-22H2,1H3. The Kier molecular flexibility index (Phi) is 4.51. The van der Waals surface area contributed by atoms with E-state index in [4.69, 9.17) is 0 Å². The lowest BCUT2D eigenvalue weighted by Gasteiger charge is -2.16. The van der Waals surface area contributed by atoms with Gasteiger partial charge in [0.05, 0.1) is 0 Å². The van der Waals surface area contributed by atoms with Crippen molar-refractivity contribution in [3.8, 4) is 11.1 Å². The lowest BCUT2D eigenvalue weighted by Crippen LogP contribution is -2.18. The second-order valence-corrected chi connectivity index (χ2v) is 5.55. The molecule has 118 valence electrons. The first-order valence-corrected chi connectivity index (χ1v) is 6.80. The van der Waals surface area contributed by atoms with E-state index in [-0.39, 0.29) is 5.56 Å². The van der Waals surface area contributed by atoms with Crippen molar-refractivity contribution in [2.45, 2.75) is 6.92 Å². The average Bonchev–Trinajstić information content (AvgIpc) is 2.50. The lowest BCUT2D eigenvalue weighted by molar-refractivity contribution is 0.413. The normalized spacial score (nSPS) is 11.2. The van der Waals surface area contributed by atoms with Crippen LogP contribution in [0.4, 0.5) is 30.7 Å². The molecule has 2 aromatic rings. The van der Waals surface area contributed by atoms with E-state index >= 15 is 0 Å². The molecule has 0 fully saturated rings. The Morgan fingerprint density at radius 2 is 0.864 bits per heavy atom. The van der Waals surface area contributed by atoms with Crippen LogP contribution < -0.4 is 10.6 Å². The minimum absolute atomic E-state index is 0.297. The van der Waals surface area contributed by atoms with Crippen LogP contribution >= 0.6 is 18.5 Å². The Morgan fingerprint density at radius 1 is 0.500 bits per heavy atom. The highest BCUT2D eigenvalue weighted by molar-refractivity contribution is 7.28. The van der Waals surface area contributed by atoms with Crippen molar-refractivity contribution in [3.63, 3.8) is 0 Å². The van der Waals surface area contributed by atoms with Crippen LogP contribution in [0.15, 0.2) is 0 Å². The van der Waals surface area contributed by atoms with Crippen molar-refractivity contribution >= 4 is 29.1 Å². The topological polar surface area (TPSA) is 0 Å². The first-order valence-electron chi connectivity index (χ1n) is 5.65. The molecular weight excluding hydrogens is 351 g/mol. The second-order valence-electron chi connectivity index (χ2n) is 4.40. The summed E-state index contributed by atoms with van der Waals surface area (Å²) in [7, 11) is 3.37. The van der Waals surface area contributed by atoms with Gasteiger partial charge in [0.1, 0.15) is 0 Å². The number of rotatable bonds is 1. The monoisotopic (exact) mass is 358 g/mol. The van der Waals surface area contributed by atoms with E-state index in [1.165, 1.54) is 0 Å². The van der Waals surface area contributed by atoms with E-state index in [1.807, 2.05) is 0 Å². The molecule has 0 N–H and O–H groups in total. The van der Waals surface area contributed by atoms with Crippen LogP contribution in [0.25, 0.3) is 11.1 Å². The number of benzene rings is 2. The Balaban J connectivity index is 3.03. The molecule has 0 aromatic heterocycles. The summed E-state index contributed by atoms with van der Waals surface area (Å²) in [4.78, 5) is 0. The zero-order valence-corrected chi connectivity index (χ0v) is 13.1. The maximum absolute atomic E-state index is 14.0. The average molecular weight is 358 g/mol. The van der Waals surface area contributed by atoms with Gasteiger partial charge in [-0.1, -0.05) is 0 Å². The molecule has 0 radical (unpaired) electrons. The van der Waals surface area contributed by atoms with E-state index in [0.717, 1.165) is 6.92 Å². The maximum atomic E-state index is 14.0. The van der Waals surface area contributed by atoms with Gasteiger partial charge in [-0.25, -0.2) is 30.7 Å². The summed E-state index contributed by atoms with van der Waals surface area (Å²) in [5.74, 6) is -13.2. The third-order valence-electron chi connectivity index (χ3n) is 3.17. The molecule has 2 rings (SSSR count). The molecule has 0 spiro atoms. The van der Waals surface area contributed by atoms with E-state index in [2.05, 4.69) is 0 Å².